The van der Waals surface area contributed by atoms with E-state index in [1.54, 1.807) is 12.1 Å². The van der Waals surface area contributed by atoms with Crippen LogP contribution in [-0.4, -0.2) is 42.2 Å². The molecule has 0 aliphatic heterocycles. The summed E-state index contributed by atoms with van der Waals surface area (Å²) in [6.45, 7) is 4.02. The molecule has 0 aliphatic rings. The second kappa shape index (κ2) is 8.48. The summed E-state index contributed by atoms with van der Waals surface area (Å²) in [4.78, 5) is 12.5. The van der Waals surface area contributed by atoms with Crippen molar-refractivity contribution in [3.8, 4) is 5.75 Å². The number of rotatable bonds is 9. The third kappa shape index (κ3) is 6.76. The number of carboxylic acid groups (broad SMARTS) is 1. The Morgan fingerprint density at radius 2 is 2.00 bits per heavy atom. The summed E-state index contributed by atoms with van der Waals surface area (Å²) in [5, 5.41) is 8.76. The number of aliphatic carboxylic acids is 1. The highest BCUT2D eigenvalue weighted by Gasteiger charge is 2.08. The Balaban J connectivity index is 2.24. The lowest BCUT2D eigenvalue weighted by molar-refractivity contribution is -0.138. The summed E-state index contributed by atoms with van der Waals surface area (Å²) in [5.74, 6) is -0.475. The molecule has 0 atom stereocenters. The number of carboxylic acids is 1. The van der Waals surface area contributed by atoms with Gasteiger partial charge in [0.25, 0.3) is 0 Å². The van der Waals surface area contributed by atoms with Crippen molar-refractivity contribution in [2.24, 2.45) is 0 Å². The number of hydrogen-bond donors (Lipinski definition) is 1. The first-order chi connectivity index (χ1) is 9.11. The molecular formula is C14H20FNO3. The van der Waals surface area contributed by atoms with Crippen LogP contribution in [0.25, 0.3) is 0 Å². The highest BCUT2D eigenvalue weighted by atomic mass is 19.1. The third-order valence-corrected chi connectivity index (χ3v) is 2.60. The molecule has 0 amide bonds. The molecule has 1 aromatic rings. The molecule has 0 saturated carbocycles. The number of carbonyl (C=O) groups is 1. The van der Waals surface area contributed by atoms with E-state index in [-0.39, 0.29) is 12.4 Å². The predicted octanol–water partition coefficient (Wildman–Crippen LogP) is 2.39. The minimum atomic E-state index is -0.812. The van der Waals surface area contributed by atoms with E-state index < -0.39 is 5.97 Å². The zero-order valence-corrected chi connectivity index (χ0v) is 11.1. The third-order valence-electron chi connectivity index (χ3n) is 2.60. The van der Waals surface area contributed by atoms with E-state index >= 15 is 0 Å². The van der Waals surface area contributed by atoms with Gasteiger partial charge in [-0.05, 0) is 43.7 Å². The quantitative estimate of drug-likeness (QED) is 0.699. The van der Waals surface area contributed by atoms with E-state index in [0.29, 0.717) is 18.9 Å². The van der Waals surface area contributed by atoms with Crippen LogP contribution in [-0.2, 0) is 4.79 Å². The first-order valence-corrected chi connectivity index (χ1v) is 6.44. The second-order valence-corrected chi connectivity index (χ2v) is 4.33. The van der Waals surface area contributed by atoms with Crippen LogP contribution in [0.1, 0.15) is 19.8 Å². The lowest BCUT2D eigenvalue weighted by Gasteiger charge is -2.19. The predicted molar refractivity (Wildman–Crippen MR) is 70.9 cm³/mol. The van der Waals surface area contributed by atoms with Gasteiger partial charge in [0.05, 0.1) is 13.2 Å². The fourth-order valence-corrected chi connectivity index (χ4v) is 1.79. The molecule has 0 aliphatic carbocycles. The van der Waals surface area contributed by atoms with E-state index in [1.165, 1.54) is 12.1 Å². The van der Waals surface area contributed by atoms with E-state index in [1.807, 2.05) is 11.8 Å². The fourth-order valence-electron chi connectivity index (χ4n) is 1.79. The topological polar surface area (TPSA) is 49.8 Å². The lowest BCUT2D eigenvalue weighted by atomic mass is 10.3. The largest absolute Gasteiger partial charge is 0.494 e. The molecule has 0 aromatic heterocycles. The Hall–Kier alpha value is -1.62. The number of benzene rings is 1. The van der Waals surface area contributed by atoms with Gasteiger partial charge in [-0.2, -0.15) is 0 Å². The van der Waals surface area contributed by atoms with Gasteiger partial charge in [0, 0.05) is 6.54 Å². The minimum Gasteiger partial charge on any atom is -0.494 e. The maximum Gasteiger partial charge on any atom is 0.317 e. The maximum atomic E-state index is 12.7. The molecule has 5 heteroatoms. The van der Waals surface area contributed by atoms with Crippen LogP contribution in [0, 0.1) is 5.82 Å². The van der Waals surface area contributed by atoms with E-state index in [9.17, 15) is 9.18 Å². The lowest BCUT2D eigenvalue weighted by Crippen LogP contribution is -2.32. The highest BCUT2D eigenvalue weighted by molar-refractivity contribution is 5.69. The number of halogens is 1. The molecule has 1 aromatic carbocycles. The molecule has 0 heterocycles. The van der Waals surface area contributed by atoms with Gasteiger partial charge >= 0.3 is 5.97 Å². The normalized spacial score (nSPS) is 10.7. The Bertz CT molecular complexity index is 381. The SMILES string of the molecule is CCCN(CCCOc1ccc(F)cc1)CC(=O)O. The molecule has 1 N–H and O–H groups in total. The summed E-state index contributed by atoms with van der Waals surface area (Å²) in [7, 11) is 0. The minimum absolute atomic E-state index is 0.0599. The molecule has 0 saturated heterocycles. The summed E-state index contributed by atoms with van der Waals surface area (Å²) in [6, 6.07) is 5.86. The van der Waals surface area contributed by atoms with Gasteiger partial charge < -0.3 is 9.84 Å². The van der Waals surface area contributed by atoms with Crippen LogP contribution in [0.5, 0.6) is 5.75 Å². The van der Waals surface area contributed by atoms with Crippen molar-refractivity contribution in [2.75, 3.05) is 26.2 Å². The van der Waals surface area contributed by atoms with Crippen molar-refractivity contribution in [2.45, 2.75) is 19.8 Å². The average Bonchev–Trinajstić information content (AvgIpc) is 2.36. The number of hydrogen-bond acceptors (Lipinski definition) is 3. The van der Waals surface area contributed by atoms with Crippen LogP contribution >= 0.6 is 0 Å². The second-order valence-electron chi connectivity index (χ2n) is 4.33. The molecule has 0 fully saturated rings. The molecule has 106 valence electrons. The molecule has 0 spiro atoms. The number of ether oxygens (including phenoxy) is 1. The van der Waals surface area contributed by atoms with Gasteiger partial charge in [-0.1, -0.05) is 6.92 Å². The fraction of sp³-hybridized carbons (Fsp3) is 0.500. The standard InChI is InChI=1S/C14H20FNO3/c1-2-8-16(11-14(17)18)9-3-10-19-13-6-4-12(15)5-7-13/h4-7H,2-3,8-11H2,1H3,(H,17,18). The van der Waals surface area contributed by atoms with Crippen LogP contribution in [0.15, 0.2) is 24.3 Å². The van der Waals surface area contributed by atoms with Crippen molar-refractivity contribution in [3.05, 3.63) is 30.1 Å². The molecule has 4 nitrogen and oxygen atoms in total. The summed E-state index contributed by atoms with van der Waals surface area (Å²) < 4.78 is 18.1. The first-order valence-electron chi connectivity index (χ1n) is 6.44. The van der Waals surface area contributed by atoms with E-state index in [0.717, 1.165) is 19.4 Å². The molecule has 0 unspecified atom stereocenters. The monoisotopic (exact) mass is 269 g/mol. The summed E-state index contributed by atoms with van der Waals surface area (Å²) in [5.41, 5.74) is 0. The van der Waals surface area contributed by atoms with Crippen LogP contribution in [0.4, 0.5) is 4.39 Å². The Labute approximate surface area is 112 Å². The van der Waals surface area contributed by atoms with Crippen LogP contribution in [0.3, 0.4) is 0 Å². The first kappa shape index (κ1) is 15.4. The maximum absolute atomic E-state index is 12.7. The number of nitrogens with zero attached hydrogens (tertiary/aromatic N) is 1. The Morgan fingerprint density at radius 3 is 2.58 bits per heavy atom. The highest BCUT2D eigenvalue weighted by Crippen LogP contribution is 2.11. The van der Waals surface area contributed by atoms with E-state index in [2.05, 4.69) is 0 Å². The van der Waals surface area contributed by atoms with Gasteiger partial charge in [-0.15, -0.1) is 0 Å². The van der Waals surface area contributed by atoms with Crippen molar-refractivity contribution < 1.29 is 19.0 Å². The molecular weight excluding hydrogens is 249 g/mol. The van der Waals surface area contributed by atoms with Crippen LogP contribution in [0.2, 0.25) is 0 Å². The molecule has 1 rings (SSSR count). The van der Waals surface area contributed by atoms with Crippen molar-refractivity contribution in [1.29, 1.82) is 0 Å². The Morgan fingerprint density at radius 1 is 1.32 bits per heavy atom. The molecule has 19 heavy (non-hydrogen) atoms. The Kier molecular flexibility index (Phi) is 6.89. The van der Waals surface area contributed by atoms with Gasteiger partial charge in [0.2, 0.25) is 0 Å². The van der Waals surface area contributed by atoms with Crippen LogP contribution < -0.4 is 4.74 Å². The summed E-state index contributed by atoms with van der Waals surface area (Å²) >= 11 is 0. The molecule has 0 radical (unpaired) electrons. The zero-order valence-electron chi connectivity index (χ0n) is 11.1. The smallest absolute Gasteiger partial charge is 0.317 e. The van der Waals surface area contributed by atoms with Gasteiger partial charge in [-0.3, -0.25) is 9.69 Å². The van der Waals surface area contributed by atoms with Gasteiger partial charge in [0.15, 0.2) is 0 Å². The average molecular weight is 269 g/mol. The van der Waals surface area contributed by atoms with Crippen molar-refractivity contribution in [1.82, 2.24) is 4.90 Å². The zero-order chi connectivity index (χ0) is 14.1. The summed E-state index contributed by atoms with van der Waals surface area (Å²) in [6.07, 6.45) is 1.66. The van der Waals surface area contributed by atoms with Crippen molar-refractivity contribution in [3.63, 3.8) is 0 Å². The van der Waals surface area contributed by atoms with Crippen molar-refractivity contribution >= 4 is 5.97 Å². The molecule has 0 bridgehead atoms. The van der Waals surface area contributed by atoms with Gasteiger partial charge in [-0.25, -0.2) is 4.39 Å². The van der Waals surface area contributed by atoms with E-state index in [4.69, 9.17) is 9.84 Å². The van der Waals surface area contributed by atoms with Gasteiger partial charge in [0.1, 0.15) is 11.6 Å².